The molecular formula is C21H20N2O5. The summed E-state index contributed by atoms with van der Waals surface area (Å²) in [4.78, 5) is 50.3. The summed E-state index contributed by atoms with van der Waals surface area (Å²) in [5.41, 5.74) is 2.70. The minimum Gasteiger partial charge on any atom is -0.454 e. The first-order chi connectivity index (χ1) is 13.3. The molecule has 0 radical (unpaired) electrons. The van der Waals surface area contributed by atoms with E-state index in [2.05, 4.69) is 6.58 Å². The van der Waals surface area contributed by atoms with Crippen LogP contribution in [0.15, 0.2) is 36.9 Å². The van der Waals surface area contributed by atoms with Crippen LogP contribution in [0.3, 0.4) is 0 Å². The number of Topliss-reactive ketones (excluding diaryl/α,β-unsaturated/α-hetero) is 1. The molecule has 1 aromatic heterocycles. The first kappa shape index (κ1) is 19.3. The van der Waals surface area contributed by atoms with Crippen molar-refractivity contribution in [2.75, 3.05) is 13.2 Å². The minimum absolute atomic E-state index is 0.0937. The molecule has 0 saturated heterocycles. The van der Waals surface area contributed by atoms with Crippen molar-refractivity contribution in [3.05, 3.63) is 70.6 Å². The van der Waals surface area contributed by atoms with Gasteiger partial charge in [0.15, 0.2) is 6.61 Å². The Morgan fingerprint density at radius 2 is 1.79 bits per heavy atom. The van der Waals surface area contributed by atoms with Gasteiger partial charge in [0.1, 0.15) is 0 Å². The molecule has 0 saturated carbocycles. The Morgan fingerprint density at radius 1 is 1.11 bits per heavy atom. The van der Waals surface area contributed by atoms with Crippen LogP contribution < -0.4 is 0 Å². The number of amides is 2. The number of rotatable bonds is 6. The predicted molar refractivity (Wildman–Crippen MR) is 102 cm³/mol. The van der Waals surface area contributed by atoms with Crippen molar-refractivity contribution in [1.82, 2.24) is 9.47 Å². The molecular weight excluding hydrogens is 360 g/mol. The fourth-order valence-corrected chi connectivity index (χ4v) is 3.14. The van der Waals surface area contributed by atoms with Gasteiger partial charge in [0.2, 0.25) is 5.78 Å². The lowest BCUT2D eigenvalue weighted by Gasteiger charge is -2.09. The number of fused-ring (bicyclic) bond motifs is 1. The molecule has 1 aliphatic heterocycles. The van der Waals surface area contributed by atoms with Crippen molar-refractivity contribution in [1.29, 1.82) is 0 Å². The van der Waals surface area contributed by atoms with Crippen molar-refractivity contribution < 1.29 is 23.9 Å². The fourth-order valence-electron chi connectivity index (χ4n) is 3.14. The lowest BCUT2D eigenvalue weighted by atomic mass is 10.1. The van der Waals surface area contributed by atoms with Gasteiger partial charge < -0.3 is 9.30 Å². The molecule has 28 heavy (non-hydrogen) atoms. The first-order valence-electron chi connectivity index (χ1n) is 8.70. The highest BCUT2D eigenvalue weighted by Gasteiger charge is 2.35. The lowest BCUT2D eigenvalue weighted by Crippen LogP contribution is -2.29. The Morgan fingerprint density at radius 3 is 2.39 bits per heavy atom. The third-order valence-electron chi connectivity index (χ3n) is 4.93. The second-order valence-electron chi connectivity index (χ2n) is 6.61. The number of esters is 1. The zero-order chi connectivity index (χ0) is 20.6. The molecule has 0 N–H and O–H groups in total. The lowest BCUT2D eigenvalue weighted by molar-refractivity contribution is 0.0474. The monoisotopic (exact) mass is 380 g/mol. The second-order valence-corrected chi connectivity index (χ2v) is 6.61. The Labute approximate surface area is 162 Å². The standard InChI is InChI=1S/C21H20N2O5/c1-5-8-23-19(25)15-7-6-14(10-17(15)20(23)26)21(27)28-11-18(24)16-9-12(2)22(4)13(16)3/h5-7,9-10H,1,8,11H2,2-4H3. The van der Waals surface area contributed by atoms with Gasteiger partial charge in [0, 0.05) is 30.5 Å². The van der Waals surface area contributed by atoms with Gasteiger partial charge in [-0.3, -0.25) is 19.3 Å². The number of aromatic nitrogens is 1. The number of carbonyl (C=O) groups is 4. The number of ether oxygens (including phenoxy) is 1. The maximum Gasteiger partial charge on any atom is 0.338 e. The fraction of sp³-hybridized carbons (Fsp3) is 0.238. The van der Waals surface area contributed by atoms with Gasteiger partial charge in [-0.25, -0.2) is 4.79 Å². The first-order valence-corrected chi connectivity index (χ1v) is 8.70. The van der Waals surface area contributed by atoms with Crippen LogP contribution in [0, 0.1) is 13.8 Å². The third-order valence-corrected chi connectivity index (χ3v) is 4.93. The number of imide groups is 1. The third kappa shape index (κ3) is 3.15. The van der Waals surface area contributed by atoms with Gasteiger partial charge in [-0.05, 0) is 38.1 Å². The molecule has 1 aromatic carbocycles. The van der Waals surface area contributed by atoms with Gasteiger partial charge in [-0.2, -0.15) is 0 Å². The number of hydrogen-bond donors (Lipinski definition) is 0. The minimum atomic E-state index is -0.733. The number of ketones is 1. The molecule has 7 nitrogen and oxygen atoms in total. The molecule has 0 unspecified atom stereocenters. The molecule has 0 bridgehead atoms. The SMILES string of the molecule is C=CCN1C(=O)c2ccc(C(=O)OCC(=O)c3cc(C)n(C)c3C)cc2C1=O. The molecule has 3 rings (SSSR count). The van der Waals surface area contributed by atoms with Crippen LogP contribution in [0.2, 0.25) is 0 Å². The maximum atomic E-state index is 12.4. The number of nitrogens with zero attached hydrogens (tertiary/aromatic N) is 2. The van der Waals surface area contributed by atoms with Crippen molar-refractivity contribution in [2.24, 2.45) is 7.05 Å². The molecule has 2 aromatic rings. The van der Waals surface area contributed by atoms with Gasteiger partial charge in [0.05, 0.1) is 16.7 Å². The zero-order valence-corrected chi connectivity index (χ0v) is 15.9. The van der Waals surface area contributed by atoms with E-state index in [9.17, 15) is 19.2 Å². The van der Waals surface area contributed by atoms with E-state index in [1.165, 1.54) is 24.3 Å². The van der Waals surface area contributed by atoms with Gasteiger partial charge in [-0.15, -0.1) is 6.58 Å². The number of benzene rings is 1. The summed E-state index contributed by atoms with van der Waals surface area (Å²) < 4.78 is 7.00. The van der Waals surface area contributed by atoms with Crippen LogP contribution in [-0.2, 0) is 11.8 Å². The molecule has 7 heteroatoms. The van der Waals surface area contributed by atoms with Crippen molar-refractivity contribution >= 4 is 23.6 Å². The van der Waals surface area contributed by atoms with Gasteiger partial charge in [0.25, 0.3) is 11.8 Å². The Hall–Kier alpha value is -3.48. The summed E-state index contributed by atoms with van der Waals surface area (Å²) >= 11 is 0. The van der Waals surface area contributed by atoms with Crippen LogP contribution in [0.25, 0.3) is 0 Å². The van der Waals surface area contributed by atoms with Crippen LogP contribution in [0.1, 0.15) is 52.8 Å². The molecule has 144 valence electrons. The molecule has 2 heterocycles. The van der Waals surface area contributed by atoms with E-state index in [0.29, 0.717) is 5.56 Å². The number of carbonyl (C=O) groups excluding carboxylic acids is 4. The average Bonchev–Trinajstić information content (AvgIpc) is 3.08. The molecule has 0 aliphatic carbocycles. The highest BCUT2D eigenvalue weighted by Crippen LogP contribution is 2.24. The van der Waals surface area contributed by atoms with E-state index >= 15 is 0 Å². The summed E-state index contributed by atoms with van der Waals surface area (Å²) in [6.07, 6.45) is 1.45. The van der Waals surface area contributed by atoms with Crippen LogP contribution in [-0.4, -0.2) is 46.2 Å². The van der Waals surface area contributed by atoms with Gasteiger partial charge >= 0.3 is 5.97 Å². The molecule has 0 spiro atoms. The summed E-state index contributed by atoms with van der Waals surface area (Å²) in [5.74, 6) is -1.95. The van der Waals surface area contributed by atoms with E-state index in [4.69, 9.17) is 4.74 Å². The normalized spacial score (nSPS) is 12.9. The molecule has 0 fully saturated rings. The quantitative estimate of drug-likeness (QED) is 0.333. The Bertz CT molecular complexity index is 1030. The molecule has 1 aliphatic rings. The van der Waals surface area contributed by atoms with E-state index in [-0.39, 0.29) is 29.0 Å². The van der Waals surface area contributed by atoms with E-state index in [1.807, 2.05) is 25.5 Å². The maximum absolute atomic E-state index is 12.4. The predicted octanol–water partition coefficient (Wildman–Crippen LogP) is 2.46. The van der Waals surface area contributed by atoms with Crippen LogP contribution in [0.5, 0.6) is 0 Å². The smallest absolute Gasteiger partial charge is 0.338 e. The van der Waals surface area contributed by atoms with Crippen LogP contribution >= 0.6 is 0 Å². The zero-order valence-electron chi connectivity index (χ0n) is 15.9. The van der Waals surface area contributed by atoms with E-state index in [1.54, 1.807) is 6.07 Å². The van der Waals surface area contributed by atoms with Gasteiger partial charge in [-0.1, -0.05) is 6.08 Å². The van der Waals surface area contributed by atoms with Crippen molar-refractivity contribution in [2.45, 2.75) is 13.8 Å². The number of hydrogen-bond acceptors (Lipinski definition) is 5. The summed E-state index contributed by atoms with van der Waals surface area (Å²) in [7, 11) is 1.85. The van der Waals surface area contributed by atoms with E-state index in [0.717, 1.165) is 16.3 Å². The number of aryl methyl sites for hydroxylation is 1. The largest absolute Gasteiger partial charge is 0.454 e. The topological polar surface area (TPSA) is 85.7 Å². The van der Waals surface area contributed by atoms with E-state index < -0.39 is 24.4 Å². The van der Waals surface area contributed by atoms with Crippen molar-refractivity contribution in [3.8, 4) is 0 Å². The average molecular weight is 380 g/mol. The summed E-state index contributed by atoms with van der Waals surface area (Å²) in [6.45, 7) is 6.92. The highest BCUT2D eigenvalue weighted by molar-refractivity contribution is 6.22. The van der Waals surface area contributed by atoms with Crippen LogP contribution in [0.4, 0.5) is 0 Å². The summed E-state index contributed by atoms with van der Waals surface area (Å²) in [6, 6.07) is 5.90. The molecule has 2 amide bonds. The molecule has 0 atom stereocenters. The highest BCUT2D eigenvalue weighted by atomic mass is 16.5. The summed E-state index contributed by atoms with van der Waals surface area (Å²) in [5, 5.41) is 0. The second kappa shape index (κ2) is 7.26. The Balaban J connectivity index is 1.73. The van der Waals surface area contributed by atoms with Crippen molar-refractivity contribution in [3.63, 3.8) is 0 Å². The Kier molecular flexibility index (Phi) is 5.00.